The van der Waals surface area contributed by atoms with Gasteiger partial charge in [-0.05, 0) is 6.92 Å². The summed E-state index contributed by atoms with van der Waals surface area (Å²) >= 11 is 0. The number of fused-ring (bicyclic) bond motifs is 2. The summed E-state index contributed by atoms with van der Waals surface area (Å²) in [6.07, 6.45) is 0. The van der Waals surface area contributed by atoms with Crippen molar-refractivity contribution < 1.29 is 9.59 Å². The quantitative estimate of drug-likeness (QED) is 0.480. The van der Waals surface area contributed by atoms with E-state index < -0.39 is 0 Å². The molecule has 0 aromatic heterocycles. The third kappa shape index (κ3) is 2.97. The highest BCUT2D eigenvalue weighted by molar-refractivity contribution is 6.28. The molecular formula is C21H16O2. The Morgan fingerprint density at radius 1 is 0.478 bits per heavy atom. The summed E-state index contributed by atoms with van der Waals surface area (Å²) in [5, 5.41) is 0. The van der Waals surface area contributed by atoms with Gasteiger partial charge in [-0.2, -0.15) is 0 Å². The second kappa shape index (κ2) is 6.41. The molecule has 4 rings (SSSR count). The molecule has 0 atom stereocenters. The number of hydrogen-bond donors (Lipinski definition) is 0. The molecule has 0 saturated carbocycles. The molecular weight excluding hydrogens is 284 g/mol. The molecule has 2 heteroatoms. The molecule has 3 aromatic rings. The lowest BCUT2D eigenvalue weighted by atomic mass is 9.84. The van der Waals surface area contributed by atoms with Crippen LogP contribution in [0.4, 0.5) is 0 Å². The minimum Gasteiger partial charge on any atom is -0.289 e. The molecule has 112 valence electrons. The van der Waals surface area contributed by atoms with Crippen LogP contribution in [-0.4, -0.2) is 11.6 Å². The van der Waals surface area contributed by atoms with Crippen LogP contribution in [0.1, 0.15) is 37.4 Å². The summed E-state index contributed by atoms with van der Waals surface area (Å²) in [6, 6.07) is 24.2. The van der Waals surface area contributed by atoms with E-state index in [-0.39, 0.29) is 11.6 Å². The average Bonchev–Trinajstić information content (AvgIpc) is 2.61. The molecule has 3 aromatic carbocycles. The SMILES string of the molecule is Cc1ccccc1.O=C1c2ccccc2C(=O)c2ccccc21. The molecule has 0 heterocycles. The molecule has 0 aliphatic heterocycles. The van der Waals surface area contributed by atoms with Gasteiger partial charge in [0, 0.05) is 22.3 Å². The highest BCUT2D eigenvalue weighted by Crippen LogP contribution is 2.26. The normalized spacial score (nSPS) is 11.9. The Labute approximate surface area is 135 Å². The molecule has 1 aliphatic rings. The Morgan fingerprint density at radius 2 is 0.783 bits per heavy atom. The number of benzene rings is 3. The van der Waals surface area contributed by atoms with Gasteiger partial charge in [-0.1, -0.05) is 84.4 Å². The van der Waals surface area contributed by atoms with E-state index in [2.05, 4.69) is 19.1 Å². The molecule has 0 amide bonds. The van der Waals surface area contributed by atoms with Gasteiger partial charge in [0.15, 0.2) is 11.6 Å². The maximum Gasteiger partial charge on any atom is 0.194 e. The van der Waals surface area contributed by atoms with Gasteiger partial charge in [0.25, 0.3) is 0 Å². The van der Waals surface area contributed by atoms with E-state index in [1.54, 1.807) is 48.5 Å². The Bertz CT molecular complexity index is 758. The first-order chi connectivity index (χ1) is 11.2. The Morgan fingerprint density at radius 3 is 1.04 bits per heavy atom. The van der Waals surface area contributed by atoms with Crippen molar-refractivity contribution in [1.29, 1.82) is 0 Å². The van der Waals surface area contributed by atoms with Crippen molar-refractivity contribution in [1.82, 2.24) is 0 Å². The zero-order valence-electron chi connectivity index (χ0n) is 12.8. The van der Waals surface area contributed by atoms with Gasteiger partial charge in [-0.3, -0.25) is 9.59 Å². The monoisotopic (exact) mass is 300 g/mol. The Balaban J connectivity index is 0.000000188. The third-order valence-electron chi connectivity index (χ3n) is 3.77. The highest BCUT2D eigenvalue weighted by atomic mass is 16.1. The minimum atomic E-state index is -0.0641. The topological polar surface area (TPSA) is 34.1 Å². The standard InChI is InChI=1S/C14H8O2.C7H8/c15-13-9-5-1-2-6-10(9)14(16)12-8-4-3-7-11(12)13;1-7-5-3-2-4-6-7/h1-8H;2-6H,1H3. The maximum atomic E-state index is 12.1. The first-order valence-corrected chi connectivity index (χ1v) is 7.47. The fourth-order valence-corrected chi connectivity index (χ4v) is 2.58. The summed E-state index contributed by atoms with van der Waals surface area (Å²) in [5.74, 6) is -0.128. The van der Waals surface area contributed by atoms with Crippen LogP contribution in [0.5, 0.6) is 0 Å². The van der Waals surface area contributed by atoms with Crippen LogP contribution in [0.2, 0.25) is 0 Å². The van der Waals surface area contributed by atoms with Crippen molar-refractivity contribution >= 4 is 11.6 Å². The van der Waals surface area contributed by atoms with Crippen molar-refractivity contribution in [2.75, 3.05) is 0 Å². The molecule has 0 unspecified atom stereocenters. The van der Waals surface area contributed by atoms with E-state index in [0.29, 0.717) is 22.3 Å². The molecule has 0 bridgehead atoms. The van der Waals surface area contributed by atoms with Gasteiger partial charge in [-0.15, -0.1) is 0 Å². The Hall–Kier alpha value is -3.00. The van der Waals surface area contributed by atoms with E-state index >= 15 is 0 Å². The van der Waals surface area contributed by atoms with Crippen molar-refractivity contribution in [2.45, 2.75) is 6.92 Å². The minimum absolute atomic E-state index is 0.0641. The average molecular weight is 300 g/mol. The van der Waals surface area contributed by atoms with Crippen molar-refractivity contribution in [3.63, 3.8) is 0 Å². The van der Waals surface area contributed by atoms with Crippen LogP contribution in [-0.2, 0) is 0 Å². The molecule has 2 nitrogen and oxygen atoms in total. The zero-order chi connectivity index (χ0) is 16.2. The lowest BCUT2D eigenvalue weighted by Gasteiger charge is -2.16. The van der Waals surface area contributed by atoms with Gasteiger partial charge in [0.2, 0.25) is 0 Å². The molecule has 23 heavy (non-hydrogen) atoms. The van der Waals surface area contributed by atoms with Crippen molar-refractivity contribution in [3.8, 4) is 0 Å². The number of aryl methyl sites for hydroxylation is 1. The van der Waals surface area contributed by atoms with Gasteiger partial charge >= 0.3 is 0 Å². The van der Waals surface area contributed by atoms with Crippen LogP contribution >= 0.6 is 0 Å². The molecule has 0 N–H and O–H groups in total. The van der Waals surface area contributed by atoms with Crippen molar-refractivity contribution in [3.05, 3.63) is 107 Å². The van der Waals surface area contributed by atoms with Gasteiger partial charge in [-0.25, -0.2) is 0 Å². The van der Waals surface area contributed by atoms with E-state index in [9.17, 15) is 9.59 Å². The largest absolute Gasteiger partial charge is 0.289 e. The second-order valence-electron chi connectivity index (χ2n) is 5.40. The summed E-state index contributed by atoms with van der Waals surface area (Å²) in [7, 11) is 0. The lowest BCUT2D eigenvalue weighted by molar-refractivity contribution is 0.0979. The smallest absolute Gasteiger partial charge is 0.194 e. The molecule has 1 aliphatic carbocycles. The molecule has 0 radical (unpaired) electrons. The first-order valence-electron chi connectivity index (χ1n) is 7.47. The fourth-order valence-electron chi connectivity index (χ4n) is 2.58. The Kier molecular flexibility index (Phi) is 4.15. The number of ketones is 2. The maximum absolute atomic E-state index is 12.1. The highest BCUT2D eigenvalue weighted by Gasteiger charge is 2.28. The van der Waals surface area contributed by atoms with Crippen LogP contribution in [0.15, 0.2) is 78.9 Å². The number of carbonyl (C=O) groups excluding carboxylic acids is 2. The van der Waals surface area contributed by atoms with E-state index in [0.717, 1.165) is 0 Å². The van der Waals surface area contributed by atoms with E-state index in [1.165, 1.54) is 5.56 Å². The van der Waals surface area contributed by atoms with E-state index in [4.69, 9.17) is 0 Å². The van der Waals surface area contributed by atoms with Crippen molar-refractivity contribution in [2.24, 2.45) is 0 Å². The lowest BCUT2D eigenvalue weighted by Crippen LogP contribution is -2.20. The van der Waals surface area contributed by atoms with Gasteiger partial charge in [0.05, 0.1) is 0 Å². The summed E-state index contributed by atoms with van der Waals surface area (Å²) in [5.41, 5.74) is 3.34. The van der Waals surface area contributed by atoms with Crippen LogP contribution < -0.4 is 0 Å². The first kappa shape index (κ1) is 14.9. The van der Waals surface area contributed by atoms with E-state index in [1.807, 2.05) is 18.2 Å². The zero-order valence-corrected chi connectivity index (χ0v) is 12.8. The van der Waals surface area contributed by atoms with Crippen LogP contribution in [0.25, 0.3) is 0 Å². The van der Waals surface area contributed by atoms with Gasteiger partial charge < -0.3 is 0 Å². The summed E-state index contributed by atoms with van der Waals surface area (Å²) in [6.45, 7) is 2.08. The molecule has 0 fully saturated rings. The van der Waals surface area contributed by atoms with Gasteiger partial charge in [0.1, 0.15) is 0 Å². The summed E-state index contributed by atoms with van der Waals surface area (Å²) < 4.78 is 0. The third-order valence-corrected chi connectivity index (χ3v) is 3.77. The van der Waals surface area contributed by atoms with Crippen LogP contribution in [0, 0.1) is 6.92 Å². The number of carbonyl (C=O) groups is 2. The second-order valence-corrected chi connectivity index (χ2v) is 5.40. The number of hydrogen-bond acceptors (Lipinski definition) is 2. The predicted molar refractivity (Wildman–Crippen MR) is 90.9 cm³/mol. The molecule has 0 saturated heterocycles. The molecule has 0 spiro atoms. The fraction of sp³-hybridized carbons (Fsp3) is 0.0476. The summed E-state index contributed by atoms with van der Waals surface area (Å²) in [4.78, 5) is 24.2. The number of rotatable bonds is 0. The van der Waals surface area contributed by atoms with Crippen LogP contribution in [0.3, 0.4) is 0 Å². The predicted octanol–water partition coefficient (Wildman–Crippen LogP) is 4.46.